The fraction of sp³-hybridized carbons (Fsp3) is 1.00. The lowest BCUT2D eigenvalue weighted by Gasteiger charge is -2.39. The lowest BCUT2D eigenvalue weighted by atomic mass is 9.99. The largest absolute Gasteiger partial charge is 0.394 e. The van der Waals surface area contributed by atoms with E-state index in [2.05, 4.69) is 6.92 Å². The molecule has 0 radical (unpaired) electrons. The van der Waals surface area contributed by atoms with Crippen molar-refractivity contribution in [2.24, 2.45) is 0 Å². The monoisotopic (exact) mass is 492 g/mol. The van der Waals surface area contributed by atoms with Gasteiger partial charge in [-0.25, -0.2) is 0 Å². The first kappa shape index (κ1) is 31.1. The molecule has 1 saturated heterocycles. The molecule has 5 atom stereocenters. The van der Waals surface area contributed by atoms with Gasteiger partial charge >= 0.3 is 0 Å². The molecule has 1 aliphatic heterocycles. The quantitative estimate of drug-likeness (QED) is 0.161. The summed E-state index contributed by atoms with van der Waals surface area (Å²) in [7, 11) is 0. The number of rotatable bonds is 22. The van der Waals surface area contributed by atoms with Gasteiger partial charge in [0.1, 0.15) is 24.4 Å². The zero-order chi connectivity index (χ0) is 24.2. The molecule has 0 spiro atoms. The molecule has 0 aliphatic carbocycles. The minimum atomic E-state index is -1.38. The summed E-state index contributed by atoms with van der Waals surface area (Å²) in [5.41, 5.74) is 0. The van der Waals surface area contributed by atoms with E-state index >= 15 is 0 Å². The Morgan fingerprint density at radius 3 is 1.61 bits per heavy atom. The van der Waals surface area contributed by atoms with E-state index in [4.69, 9.17) is 9.47 Å². The van der Waals surface area contributed by atoms with Gasteiger partial charge in [0.25, 0.3) is 0 Å². The Morgan fingerprint density at radius 1 is 0.636 bits per heavy atom. The minimum Gasteiger partial charge on any atom is -0.394 e. The summed E-state index contributed by atoms with van der Waals surface area (Å²) >= 11 is 1.81. The van der Waals surface area contributed by atoms with Crippen molar-refractivity contribution in [3.63, 3.8) is 0 Å². The second-order valence-corrected chi connectivity index (χ2v) is 10.7. The van der Waals surface area contributed by atoms with Crippen molar-refractivity contribution in [2.75, 3.05) is 24.7 Å². The van der Waals surface area contributed by atoms with Crippen LogP contribution in [0.2, 0.25) is 0 Å². The molecule has 4 N–H and O–H groups in total. The van der Waals surface area contributed by atoms with Crippen LogP contribution in [0.4, 0.5) is 0 Å². The second-order valence-electron chi connectivity index (χ2n) is 9.48. The lowest BCUT2D eigenvalue weighted by Crippen LogP contribution is -2.59. The SMILES string of the molecule is CCCCCCCCCCCCCCCCCCSCCO[C@H]1O[C@H](CO)[C@@H](O)[C@H](O)[C@H]1O. The number of hydrogen-bond donors (Lipinski definition) is 4. The third-order valence-corrected chi connectivity index (χ3v) is 7.53. The Labute approximate surface area is 206 Å². The van der Waals surface area contributed by atoms with E-state index in [0.717, 1.165) is 11.5 Å². The van der Waals surface area contributed by atoms with Crippen molar-refractivity contribution >= 4 is 11.8 Å². The number of aliphatic hydroxyl groups excluding tert-OH is 4. The highest BCUT2D eigenvalue weighted by Gasteiger charge is 2.43. The van der Waals surface area contributed by atoms with Gasteiger partial charge in [-0.15, -0.1) is 0 Å². The van der Waals surface area contributed by atoms with Gasteiger partial charge in [0.2, 0.25) is 0 Å². The summed E-state index contributed by atoms with van der Waals surface area (Å²) in [6.45, 7) is 2.24. The predicted molar refractivity (Wildman–Crippen MR) is 137 cm³/mol. The molecule has 6 nitrogen and oxygen atoms in total. The Balaban J connectivity index is 1.80. The maximum Gasteiger partial charge on any atom is 0.186 e. The molecular weight excluding hydrogens is 440 g/mol. The molecule has 1 fully saturated rings. The van der Waals surface area contributed by atoms with Crippen LogP contribution in [0, 0.1) is 0 Å². The van der Waals surface area contributed by atoms with Crippen molar-refractivity contribution < 1.29 is 29.9 Å². The number of hydrogen-bond acceptors (Lipinski definition) is 7. The number of thioether (sulfide) groups is 1. The van der Waals surface area contributed by atoms with Crippen LogP contribution in [-0.4, -0.2) is 75.9 Å². The van der Waals surface area contributed by atoms with Gasteiger partial charge in [0.05, 0.1) is 13.2 Å². The van der Waals surface area contributed by atoms with Gasteiger partial charge in [0, 0.05) is 5.75 Å². The minimum absolute atomic E-state index is 0.395. The molecule has 1 heterocycles. The average molecular weight is 493 g/mol. The van der Waals surface area contributed by atoms with E-state index in [1.165, 1.54) is 103 Å². The van der Waals surface area contributed by atoms with Crippen LogP contribution in [0.25, 0.3) is 0 Å². The smallest absolute Gasteiger partial charge is 0.186 e. The van der Waals surface area contributed by atoms with Gasteiger partial charge in [-0.2, -0.15) is 11.8 Å². The molecule has 1 rings (SSSR count). The van der Waals surface area contributed by atoms with Crippen LogP contribution in [0.5, 0.6) is 0 Å². The maximum atomic E-state index is 9.93. The predicted octanol–water partition coefficient (Wildman–Crippen LogP) is 4.80. The Bertz CT molecular complexity index is 426. The van der Waals surface area contributed by atoms with Crippen molar-refractivity contribution in [2.45, 2.75) is 140 Å². The normalized spacial score (nSPS) is 25.5. The molecule has 7 heteroatoms. The van der Waals surface area contributed by atoms with Gasteiger partial charge in [0.15, 0.2) is 6.29 Å². The third kappa shape index (κ3) is 15.0. The molecular formula is C26H52O6S. The first-order chi connectivity index (χ1) is 16.1. The summed E-state index contributed by atoms with van der Waals surface area (Å²) in [4.78, 5) is 0. The topological polar surface area (TPSA) is 99.4 Å². The van der Waals surface area contributed by atoms with Crippen molar-refractivity contribution in [3.8, 4) is 0 Å². The first-order valence-corrected chi connectivity index (χ1v) is 14.8. The second kappa shape index (κ2) is 21.4. The summed E-state index contributed by atoms with van der Waals surface area (Å²) < 4.78 is 10.8. The summed E-state index contributed by atoms with van der Waals surface area (Å²) in [5.74, 6) is 1.88. The average Bonchev–Trinajstić information content (AvgIpc) is 2.82. The molecule has 0 aromatic heterocycles. The van der Waals surface area contributed by atoms with Crippen LogP contribution in [0.1, 0.15) is 110 Å². The van der Waals surface area contributed by atoms with E-state index in [-0.39, 0.29) is 0 Å². The van der Waals surface area contributed by atoms with Crippen LogP contribution < -0.4 is 0 Å². The van der Waals surface area contributed by atoms with Crippen LogP contribution >= 0.6 is 11.8 Å². The molecule has 33 heavy (non-hydrogen) atoms. The van der Waals surface area contributed by atoms with Crippen molar-refractivity contribution in [1.29, 1.82) is 0 Å². The highest BCUT2D eigenvalue weighted by molar-refractivity contribution is 7.99. The van der Waals surface area contributed by atoms with E-state index < -0.39 is 37.3 Å². The van der Waals surface area contributed by atoms with E-state index in [9.17, 15) is 20.4 Å². The molecule has 0 amide bonds. The zero-order valence-electron chi connectivity index (χ0n) is 21.0. The van der Waals surface area contributed by atoms with E-state index in [0.29, 0.717) is 6.61 Å². The lowest BCUT2D eigenvalue weighted by molar-refractivity contribution is -0.299. The van der Waals surface area contributed by atoms with Gasteiger partial charge < -0.3 is 29.9 Å². The van der Waals surface area contributed by atoms with Gasteiger partial charge in [-0.1, -0.05) is 103 Å². The highest BCUT2D eigenvalue weighted by atomic mass is 32.2. The van der Waals surface area contributed by atoms with Crippen LogP contribution in [0.15, 0.2) is 0 Å². The fourth-order valence-corrected chi connectivity index (χ4v) is 5.11. The molecule has 0 saturated carbocycles. The number of aliphatic hydroxyl groups is 4. The molecule has 0 aromatic rings. The Hall–Kier alpha value is 0.110. The van der Waals surface area contributed by atoms with Crippen LogP contribution in [-0.2, 0) is 9.47 Å². The standard InChI is InChI=1S/C26H52O6S/c1-2-3-4-5-6-7-8-9-10-11-12-13-14-15-16-17-19-33-20-18-31-26-25(30)24(29)23(28)22(21-27)32-26/h22-30H,2-21H2,1H3/t22-,23-,24+,25-,26+/m1/s1. The maximum absolute atomic E-state index is 9.93. The molecule has 0 bridgehead atoms. The van der Waals surface area contributed by atoms with Gasteiger partial charge in [-0.3, -0.25) is 0 Å². The zero-order valence-corrected chi connectivity index (χ0v) is 21.9. The third-order valence-electron chi connectivity index (χ3n) is 6.50. The number of ether oxygens (including phenoxy) is 2. The molecule has 1 aliphatic rings. The molecule has 198 valence electrons. The summed E-state index contributed by atoms with van der Waals surface area (Å²) in [6, 6.07) is 0. The summed E-state index contributed by atoms with van der Waals surface area (Å²) in [5, 5.41) is 38.6. The van der Waals surface area contributed by atoms with E-state index in [1.807, 2.05) is 11.8 Å². The first-order valence-electron chi connectivity index (χ1n) is 13.6. The fourth-order valence-electron chi connectivity index (χ4n) is 4.28. The van der Waals surface area contributed by atoms with Crippen molar-refractivity contribution in [1.82, 2.24) is 0 Å². The number of unbranched alkanes of at least 4 members (excludes halogenated alkanes) is 15. The van der Waals surface area contributed by atoms with Crippen molar-refractivity contribution in [3.05, 3.63) is 0 Å². The molecule has 0 unspecified atom stereocenters. The van der Waals surface area contributed by atoms with Gasteiger partial charge in [-0.05, 0) is 12.2 Å². The molecule has 0 aromatic carbocycles. The summed E-state index contributed by atoms with van der Waals surface area (Å²) in [6.07, 6.45) is 16.1. The van der Waals surface area contributed by atoms with E-state index in [1.54, 1.807) is 0 Å². The Morgan fingerprint density at radius 2 is 1.12 bits per heavy atom. The Kier molecular flexibility index (Phi) is 20.2. The van der Waals surface area contributed by atoms with Crippen LogP contribution in [0.3, 0.4) is 0 Å². The highest BCUT2D eigenvalue weighted by Crippen LogP contribution is 2.22.